The van der Waals surface area contributed by atoms with Crippen LogP contribution in [0.1, 0.15) is 22.5 Å². The Balaban J connectivity index is 1.41. The molecule has 0 atom stereocenters. The van der Waals surface area contributed by atoms with Crippen LogP contribution in [0.4, 0.5) is 0 Å². The summed E-state index contributed by atoms with van der Waals surface area (Å²) in [5.74, 6) is -1.21. The van der Waals surface area contributed by atoms with Crippen LogP contribution in [-0.2, 0) is 43.8 Å². The van der Waals surface area contributed by atoms with Crippen LogP contribution < -0.4 is 0 Å². The summed E-state index contributed by atoms with van der Waals surface area (Å²) in [5, 5.41) is 46.7. The Morgan fingerprint density at radius 1 is 0.577 bits per heavy atom. The number of nitrogens with zero attached hydrogens (tertiary/aromatic N) is 6. The largest absolute Gasteiger partial charge is 0.480 e. The van der Waals surface area contributed by atoms with Crippen molar-refractivity contribution in [2.45, 2.75) is 38.4 Å². The Labute approximate surface area is 310 Å². The van der Waals surface area contributed by atoms with Crippen LogP contribution in [0.25, 0.3) is 22.5 Å². The van der Waals surface area contributed by atoms with Crippen LogP contribution in [0, 0.1) is 13.8 Å². The molecule has 4 N–H and O–H groups in total. The molecule has 0 aliphatic rings. The predicted octanol–water partition coefficient (Wildman–Crippen LogP) is 4.14. The summed E-state index contributed by atoms with van der Waals surface area (Å²) in [6.45, 7) is 3.63. The van der Waals surface area contributed by atoms with Crippen LogP contribution in [0.5, 0.6) is 0 Å². The zero-order chi connectivity index (χ0) is 37.6. The van der Waals surface area contributed by atoms with Crippen molar-refractivity contribution < 1.29 is 39.6 Å². The first-order valence-corrected chi connectivity index (χ1v) is 18.9. The maximum absolute atomic E-state index is 11.3. The van der Waals surface area contributed by atoms with E-state index in [0.717, 1.165) is 56.5 Å². The molecule has 4 rings (SSSR count). The van der Waals surface area contributed by atoms with Crippen LogP contribution >= 0.6 is 23.5 Å². The lowest BCUT2D eigenvalue weighted by molar-refractivity contribution is -0.143. The molecule has 0 spiro atoms. The minimum Gasteiger partial charge on any atom is -0.480 e. The van der Waals surface area contributed by atoms with Crippen molar-refractivity contribution in [2.75, 3.05) is 50.8 Å². The van der Waals surface area contributed by atoms with Gasteiger partial charge in [-0.05, 0) is 13.8 Å². The number of aliphatic carboxylic acids is 4. The first-order valence-electron chi connectivity index (χ1n) is 16.6. The van der Waals surface area contributed by atoms with Gasteiger partial charge in [0.15, 0.2) is 0 Å². The van der Waals surface area contributed by atoms with Gasteiger partial charge in [0.1, 0.15) is 0 Å². The van der Waals surface area contributed by atoms with Crippen molar-refractivity contribution in [1.29, 1.82) is 0 Å². The first-order chi connectivity index (χ1) is 24.9. The number of thioether (sulfide) groups is 2. The number of hydrogen-bond acceptors (Lipinski definition) is 10. The fourth-order valence-corrected chi connectivity index (χ4v) is 8.07. The average molecular weight is 753 g/mol. The van der Waals surface area contributed by atoms with Crippen molar-refractivity contribution in [1.82, 2.24) is 29.4 Å². The topological polar surface area (TPSA) is 191 Å². The fraction of sp³-hybridized carbons (Fsp3) is 0.389. The highest BCUT2D eigenvalue weighted by atomic mass is 32.2. The summed E-state index contributed by atoms with van der Waals surface area (Å²) in [7, 11) is 0. The lowest BCUT2D eigenvalue weighted by Gasteiger charge is -2.18. The lowest BCUT2D eigenvalue weighted by atomic mass is 10.1. The van der Waals surface area contributed by atoms with Crippen LogP contribution in [-0.4, -0.2) is 124 Å². The SMILES string of the molecule is Cc1c(CSCCSCc2c(-c3ccccc3)nn(CCN(CC(=O)O)CC(=O)O)c2C)c(-c2ccccc2)nn1CCN(CC(=O)O)CC(=O)O. The summed E-state index contributed by atoms with van der Waals surface area (Å²) >= 11 is 3.58. The highest BCUT2D eigenvalue weighted by molar-refractivity contribution is 8.02. The van der Waals surface area contributed by atoms with E-state index < -0.39 is 23.9 Å². The third-order valence-electron chi connectivity index (χ3n) is 8.31. The van der Waals surface area contributed by atoms with Crippen molar-refractivity contribution in [3.63, 3.8) is 0 Å². The molecule has 2 aromatic heterocycles. The van der Waals surface area contributed by atoms with Gasteiger partial charge in [0.2, 0.25) is 0 Å². The summed E-state index contributed by atoms with van der Waals surface area (Å²) in [6, 6.07) is 19.7. The van der Waals surface area contributed by atoms with Crippen LogP contribution in [0.15, 0.2) is 60.7 Å². The third-order valence-corrected chi connectivity index (χ3v) is 10.5. The molecule has 0 unspecified atom stereocenters. The highest BCUT2D eigenvalue weighted by Gasteiger charge is 2.21. The normalized spacial score (nSPS) is 11.4. The second-order valence-electron chi connectivity index (χ2n) is 12.1. The van der Waals surface area contributed by atoms with E-state index in [4.69, 9.17) is 10.2 Å². The minimum absolute atomic E-state index is 0.225. The van der Waals surface area contributed by atoms with E-state index >= 15 is 0 Å². The highest BCUT2D eigenvalue weighted by Crippen LogP contribution is 2.31. The van der Waals surface area contributed by atoms with Gasteiger partial charge < -0.3 is 20.4 Å². The smallest absolute Gasteiger partial charge is 0.317 e. The summed E-state index contributed by atoms with van der Waals surface area (Å²) in [4.78, 5) is 47.9. The maximum atomic E-state index is 11.3. The average Bonchev–Trinajstić information content (AvgIpc) is 3.58. The van der Waals surface area contributed by atoms with Gasteiger partial charge >= 0.3 is 23.9 Å². The van der Waals surface area contributed by atoms with E-state index in [1.54, 1.807) is 23.5 Å². The van der Waals surface area contributed by atoms with Crippen molar-refractivity contribution in [2.24, 2.45) is 0 Å². The van der Waals surface area contributed by atoms with Gasteiger partial charge in [-0.1, -0.05) is 60.7 Å². The second-order valence-corrected chi connectivity index (χ2v) is 14.3. The molecule has 14 nitrogen and oxygen atoms in total. The van der Waals surface area contributed by atoms with E-state index in [9.17, 15) is 39.6 Å². The molecule has 0 radical (unpaired) electrons. The number of carboxylic acids is 4. The van der Waals surface area contributed by atoms with E-state index in [1.807, 2.05) is 83.9 Å². The number of carboxylic acid groups (broad SMARTS) is 4. The van der Waals surface area contributed by atoms with Crippen LogP contribution in [0.3, 0.4) is 0 Å². The molecule has 0 saturated carbocycles. The third kappa shape index (κ3) is 12.0. The standard InChI is InChI=1S/C36H44N6O8S2/c1-25-29(35(27-9-5-3-6-10-27)37-41(25)15-13-39(19-31(43)44)20-32(45)46)23-51-17-18-52-24-30-26(2)42(38-36(30)28-11-7-4-8-12-28)16-14-40(21-33(47)48)22-34(49)50/h3-12H,13-24H2,1-2H3,(H,43,44)(H,45,46)(H,47,48)(H,49,50). The molecule has 0 aliphatic heterocycles. The molecule has 2 aromatic carbocycles. The van der Waals surface area contributed by atoms with Gasteiger partial charge in [-0.15, -0.1) is 0 Å². The molecular weight excluding hydrogens is 709 g/mol. The fourth-order valence-electron chi connectivity index (χ4n) is 5.74. The van der Waals surface area contributed by atoms with E-state index in [0.29, 0.717) is 24.6 Å². The van der Waals surface area contributed by atoms with E-state index in [2.05, 4.69) is 0 Å². The number of hydrogen-bond donors (Lipinski definition) is 4. The van der Waals surface area contributed by atoms with Gasteiger partial charge in [0.05, 0.1) is 50.7 Å². The second kappa shape index (κ2) is 19.8. The van der Waals surface area contributed by atoms with Crippen molar-refractivity contribution >= 4 is 47.4 Å². The van der Waals surface area contributed by atoms with Gasteiger partial charge in [-0.3, -0.25) is 38.3 Å². The quantitative estimate of drug-likeness (QED) is 0.0791. The molecule has 2 heterocycles. The van der Waals surface area contributed by atoms with Gasteiger partial charge in [0.25, 0.3) is 0 Å². The minimum atomic E-state index is -1.09. The molecule has 0 aliphatic carbocycles. The van der Waals surface area contributed by atoms with Crippen LogP contribution in [0.2, 0.25) is 0 Å². The van der Waals surface area contributed by atoms with Gasteiger partial charge in [-0.2, -0.15) is 33.7 Å². The van der Waals surface area contributed by atoms with Crippen molar-refractivity contribution in [3.8, 4) is 22.5 Å². The van der Waals surface area contributed by atoms with Gasteiger partial charge in [0, 0.05) is 69.7 Å². The Bertz CT molecular complexity index is 1650. The Hall–Kier alpha value is -4.64. The molecule has 0 saturated heterocycles. The van der Waals surface area contributed by atoms with Gasteiger partial charge in [-0.25, -0.2) is 0 Å². The maximum Gasteiger partial charge on any atom is 0.317 e. The zero-order valence-corrected chi connectivity index (χ0v) is 30.8. The summed E-state index contributed by atoms with van der Waals surface area (Å²) < 4.78 is 3.66. The lowest BCUT2D eigenvalue weighted by Crippen LogP contribution is -2.37. The van der Waals surface area contributed by atoms with E-state index in [1.165, 1.54) is 9.80 Å². The number of carbonyl (C=O) groups is 4. The molecule has 52 heavy (non-hydrogen) atoms. The number of benzene rings is 2. The number of rotatable bonds is 23. The monoisotopic (exact) mass is 752 g/mol. The molecule has 0 fully saturated rings. The molecular formula is C36H44N6O8S2. The predicted molar refractivity (Wildman–Crippen MR) is 201 cm³/mol. The zero-order valence-electron chi connectivity index (χ0n) is 29.2. The molecule has 278 valence electrons. The molecule has 0 bridgehead atoms. The number of aromatic nitrogens is 4. The Morgan fingerprint density at radius 3 is 1.21 bits per heavy atom. The molecule has 16 heteroatoms. The molecule has 4 aromatic rings. The summed E-state index contributed by atoms with van der Waals surface area (Å²) in [6.07, 6.45) is 0. The van der Waals surface area contributed by atoms with E-state index in [-0.39, 0.29) is 39.3 Å². The Morgan fingerprint density at radius 2 is 0.904 bits per heavy atom. The summed E-state index contributed by atoms with van der Waals surface area (Å²) in [5.41, 5.74) is 7.69. The molecule has 0 amide bonds. The Kier molecular flexibility index (Phi) is 15.3. The first kappa shape index (κ1) is 40.1. The van der Waals surface area contributed by atoms with Crippen molar-refractivity contribution in [3.05, 3.63) is 83.2 Å².